The van der Waals surface area contributed by atoms with Crippen LogP contribution in [0, 0.1) is 10.7 Å². The fraction of sp³-hybridized carbons (Fsp3) is 0.417. The number of benzene rings is 1. The molecule has 6 heteroatoms. The van der Waals surface area contributed by atoms with Gasteiger partial charge in [0.15, 0.2) is 0 Å². The summed E-state index contributed by atoms with van der Waals surface area (Å²) in [6.07, 6.45) is 0. The Kier molecular flexibility index (Phi) is 6.13. The zero-order chi connectivity index (χ0) is 14.1. The van der Waals surface area contributed by atoms with E-state index in [0.29, 0.717) is 12.1 Å². The van der Waals surface area contributed by atoms with E-state index >= 15 is 0 Å². The number of hydrogen-bond acceptors (Lipinski definition) is 2. The fourth-order valence-corrected chi connectivity index (χ4v) is 3.96. The van der Waals surface area contributed by atoms with E-state index in [-0.39, 0.29) is 5.91 Å². The van der Waals surface area contributed by atoms with Crippen LogP contribution in [0.2, 0.25) is 0 Å². The third-order valence-corrected chi connectivity index (χ3v) is 5.86. The van der Waals surface area contributed by atoms with Crippen LogP contribution in [0.5, 0.6) is 0 Å². The monoisotopic (exact) mass is 585 g/mol. The van der Waals surface area contributed by atoms with Crippen molar-refractivity contribution in [1.82, 2.24) is 4.90 Å². The minimum atomic E-state index is -0.884. The Labute approximate surface area is 148 Å². The predicted molar refractivity (Wildman–Crippen MR) is 97.9 cm³/mol. The number of likely N-dealkylation sites (N-methyl/N-ethyl adjacent to an activating group) is 1. The second kappa shape index (κ2) is 6.53. The first-order valence-electron chi connectivity index (χ1n) is 5.24. The van der Waals surface area contributed by atoms with Crippen LogP contribution in [-0.2, 0) is 0 Å². The van der Waals surface area contributed by atoms with Crippen molar-refractivity contribution in [3.05, 3.63) is 28.4 Å². The third-order valence-electron chi connectivity index (χ3n) is 2.19. The summed E-state index contributed by atoms with van der Waals surface area (Å²) in [5.74, 6) is -0.0574. The Bertz CT molecular complexity index is 469. The van der Waals surface area contributed by atoms with Crippen molar-refractivity contribution in [1.29, 1.82) is 0 Å². The van der Waals surface area contributed by atoms with Gasteiger partial charge in [-0.05, 0) is 93.8 Å². The molecule has 0 heterocycles. The number of hydrogen-bond donors (Lipinski definition) is 1. The number of carbonyl (C=O) groups excluding carboxylic acids is 1. The molecule has 0 atom stereocenters. The lowest BCUT2D eigenvalue weighted by Crippen LogP contribution is -2.40. The van der Waals surface area contributed by atoms with E-state index in [2.05, 4.69) is 67.8 Å². The van der Waals surface area contributed by atoms with Gasteiger partial charge >= 0.3 is 0 Å². The molecule has 0 aromatic heterocycles. The SMILES string of the molecule is CN(CC(C)(C)O)C(=O)c1cc(I)cc(I)c1I. The van der Waals surface area contributed by atoms with Gasteiger partial charge in [0.2, 0.25) is 0 Å². The molecule has 18 heavy (non-hydrogen) atoms. The first-order valence-corrected chi connectivity index (χ1v) is 8.48. The van der Waals surface area contributed by atoms with E-state index in [1.807, 2.05) is 12.1 Å². The zero-order valence-corrected chi connectivity index (χ0v) is 16.8. The quantitative estimate of drug-likeness (QED) is 0.438. The normalized spacial score (nSPS) is 11.5. The van der Waals surface area contributed by atoms with E-state index in [4.69, 9.17) is 0 Å². The van der Waals surface area contributed by atoms with Gasteiger partial charge in [0.05, 0.1) is 11.2 Å². The Morgan fingerprint density at radius 3 is 2.39 bits per heavy atom. The molecule has 0 unspecified atom stereocenters. The van der Waals surface area contributed by atoms with Gasteiger partial charge in [-0.15, -0.1) is 0 Å². The largest absolute Gasteiger partial charge is 0.389 e. The minimum Gasteiger partial charge on any atom is -0.389 e. The van der Waals surface area contributed by atoms with Crippen LogP contribution in [0.1, 0.15) is 24.2 Å². The van der Waals surface area contributed by atoms with Gasteiger partial charge in [-0.1, -0.05) is 0 Å². The van der Waals surface area contributed by atoms with E-state index in [9.17, 15) is 9.90 Å². The predicted octanol–water partition coefficient (Wildman–Crippen LogP) is 3.34. The number of nitrogens with zero attached hydrogens (tertiary/aromatic N) is 1. The van der Waals surface area contributed by atoms with Crippen LogP contribution >= 0.6 is 67.8 Å². The fourth-order valence-electron chi connectivity index (χ4n) is 1.57. The maximum absolute atomic E-state index is 12.4. The van der Waals surface area contributed by atoms with Crippen molar-refractivity contribution in [2.45, 2.75) is 19.4 Å². The lowest BCUT2D eigenvalue weighted by Gasteiger charge is -2.26. The highest BCUT2D eigenvalue weighted by Crippen LogP contribution is 2.24. The lowest BCUT2D eigenvalue weighted by molar-refractivity contribution is 0.0367. The van der Waals surface area contributed by atoms with Crippen molar-refractivity contribution < 1.29 is 9.90 Å². The third kappa shape index (κ3) is 4.75. The van der Waals surface area contributed by atoms with E-state index in [0.717, 1.165) is 10.7 Å². The summed E-state index contributed by atoms with van der Waals surface area (Å²) < 4.78 is 3.07. The summed E-state index contributed by atoms with van der Waals surface area (Å²) in [7, 11) is 1.71. The summed E-state index contributed by atoms with van der Waals surface area (Å²) in [6.45, 7) is 3.70. The number of rotatable bonds is 3. The second-order valence-electron chi connectivity index (χ2n) is 4.72. The molecule has 1 amide bonds. The molecule has 3 nitrogen and oxygen atoms in total. The van der Waals surface area contributed by atoms with Gasteiger partial charge < -0.3 is 10.0 Å². The number of amides is 1. The molecule has 0 saturated carbocycles. The average molecular weight is 585 g/mol. The minimum absolute atomic E-state index is 0.0574. The first-order chi connectivity index (χ1) is 8.11. The standard InChI is InChI=1S/C12H14I3NO2/c1-12(2,18)6-16(3)11(17)8-4-7(13)5-9(14)10(8)15/h4-5,18H,6H2,1-3H3. The van der Waals surface area contributed by atoms with Gasteiger partial charge in [-0.3, -0.25) is 4.79 Å². The molecule has 0 aliphatic heterocycles. The van der Waals surface area contributed by atoms with Gasteiger partial charge in [0, 0.05) is 24.3 Å². The Morgan fingerprint density at radius 1 is 1.33 bits per heavy atom. The van der Waals surface area contributed by atoms with Gasteiger partial charge in [0.1, 0.15) is 0 Å². The molecule has 0 aliphatic carbocycles. The van der Waals surface area contributed by atoms with E-state index < -0.39 is 5.60 Å². The number of carbonyl (C=O) groups is 1. The summed E-state index contributed by atoms with van der Waals surface area (Å²) in [5.41, 5.74) is -0.191. The molecule has 0 spiro atoms. The summed E-state index contributed by atoms with van der Waals surface area (Å²) in [4.78, 5) is 13.9. The van der Waals surface area contributed by atoms with Crippen molar-refractivity contribution in [3.8, 4) is 0 Å². The molecule has 0 bridgehead atoms. The topological polar surface area (TPSA) is 40.5 Å². The molecule has 0 aliphatic rings. The lowest BCUT2D eigenvalue weighted by atomic mass is 10.1. The molecule has 0 radical (unpaired) electrons. The van der Waals surface area contributed by atoms with Crippen molar-refractivity contribution in [3.63, 3.8) is 0 Å². The Hall–Kier alpha value is 0.840. The number of aliphatic hydroxyl groups is 1. The highest BCUT2D eigenvalue weighted by molar-refractivity contribution is 14.1. The molecule has 1 aromatic carbocycles. The van der Waals surface area contributed by atoms with Crippen molar-refractivity contribution in [2.75, 3.05) is 13.6 Å². The zero-order valence-electron chi connectivity index (χ0n) is 10.3. The Balaban J connectivity index is 3.04. The molecule has 1 N–H and O–H groups in total. The molecular weight excluding hydrogens is 571 g/mol. The molecule has 0 fully saturated rings. The van der Waals surface area contributed by atoms with Crippen LogP contribution < -0.4 is 0 Å². The van der Waals surface area contributed by atoms with Crippen molar-refractivity contribution >= 4 is 73.7 Å². The van der Waals surface area contributed by atoms with Crippen LogP contribution in [0.4, 0.5) is 0 Å². The summed E-state index contributed by atoms with van der Waals surface area (Å²) >= 11 is 6.62. The highest BCUT2D eigenvalue weighted by Gasteiger charge is 2.22. The first kappa shape index (κ1) is 16.9. The summed E-state index contributed by atoms with van der Waals surface area (Å²) in [5, 5.41) is 9.76. The van der Waals surface area contributed by atoms with Gasteiger partial charge in [-0.25, -0.2) is 0 Å². The van der Waals surface area contributed by atoms with Gasteiger partial charge in [-0.2, -0.15) is 0 Å². The molecule has 100 valence electrons. The molecular formula is C12H14I3NO2. The van der Waals surface area contributed by atoms with E-state index in [1.165, 1.54) is 0 Å². The maximum Gasteiger partial charge on any atom is 0.254 e. The molecule has 1 aromatic rings. The van der Waals surface area contributed by atoms with Crippen molar-refractivity contribution in [2.24, 2.45) is 0 Å². The van der Waals surface area contributed by atoms with Gasteiger partial charge in [0.25, 0.3) is 5.91 Å². The average Bonchev–Trinajstić information content (AvgIpc) is 2.19. The van der Waals surface area contributed by atoms with E-state index in [1.54, 1.807) is 25.8 Å². The number of halogens is 3. The molecule has 1 rings (SSSR count). The highest BCUT2D eigenvalue weighted by atomic mass is 127. The molecule has 0 saturated heterocycles. The second-order valence-corrected chi connectivity index (χ2v) is 8.21. The van der Waals surface area contributed by atoms with Crippen LogP contribution in [0.3, 0.4) is 0 Å². The smallest absolute Gasteiger partial charge is 0.254 e. The van der Waals surface area contributed by atoms with Crippen LogP contribution in [0.15, 0.2) is 12.1 Å². The van der Waals surface area contributed by atoms with Crippen LogP contribution in [-0.4, -0.2) is 35.1 Å². The maximum atomic E-state index is 12.4. The Morgan fingerprint density at radius 2 is 1.89 bits per heavy atom. The summed E-state index contributed by atoms with van der Waals surface area (Å²) in [6, 6.07) is 3.92. The van der Waals surface area contributed by atoms with Crippen LogP contribution in [0.25, 0.3) is 0 Å².